The van der Waals surface area contributed by atoms with E-state index in [0.717, 1.165) is 25.8 Å². The van der Waals surface area contributed by atoms with E-state index in [1.807, 2.05) is 4.90 Å². The van der Waals surface area contributed by atoms with Crippen molar-refractivity contribution >= 4 is 21.8 Å². The summed E-state index contributed by atoms with van der Waals surface area (Å²) in [7, 11) is 0. The van der Waals surface area contributed by atoms with Crippen molar-refractivity contribution in [2.24, 2.45) is 5.92 Å². The highest BCUT2D eigenvalue weighted by Crippen LogP contribution is 2.31. The Morgan fingerprint density at radius 3 is 2.74 bits per heavy atom. The summed E-state index contributed by atoms with van der Waals surface area (Å²) in [5.74, 6) is 0.116. The van der Waals surface area contributed by atoms with Gasteiger partial charge < -0.3 is 4.90 Å². The van der Waals surface area contributed by atoms with Crippen molar-refractivity contribution in [2.75, 3.05) is 6.54 Å². The summed E-state index contributed by atoms with van der Waals surface area (Å²) in [5.41, 5.74) is 0.427. The van der Waals surface area contributed by atoms with Crippen LogP contribution in [0.3, 0.4) is 0 Å². The molecule has 0 aromatic heterocycles. The second-order valence-corrected chi connectivity index (χ2v) is 6.31. The molecule has 0 heterocycles. The zero-order valence-electron chi connectivity index (χ0n) is 11.3. The Kier molecular flexibility index (Phi) is 4.61. The smallest absolute Gasteiger partial charge is 0.255 e. The first kappa shape index (κ1) is 14.5. The topological polar surface area (TPSA) is 20.3 Å². The van der Waals surface area contributed by atoms with E-state index in [9.17, 15) is 9.18 Å². The van der Waals surface area contributed by atoms with Gasteiger partial charge in [0.15, 0.2) is 0 Å². The van der Waals surface area contributed by atoms with Crippen molar-refractivity contribution in [1.82, 2.24) is 4.90 Å². The maximum absolute atomic E-state index is 13.5. The zero-order valence-corrected chi connectivity index (χ0v) is 12.9. The van der Waals surface area contributed by atoms with Gasteiger partial charge in [0.2, 0.25) is 0 Å². The third-order valence-corrected chi connectivity index (χ3v) is 4.18. The summed E-state index contributed by atoms with van der Waals surface area (Å²) >= 11 is 3.18. The summed E-state index contributed by atoms with van der Waals surface area (Å²) in [4.78, 5) is 14.4. The normalized spacial score (nSPS) is 14.8. The number of rotatable bonds is 5. The number of halogens is 2. The highest BCUT2D eigenvalue weighted by atomic mass is 79.9. The van der Waals surface area contributed by atoms with Crippen LogP contribution in [-0.4, -0.2) is 23.4 Å². The van der Waals surface area contributed by atoms with Gasteiger partial charge in [0, 0.05) is 12.6 Å². The van der Waals surface area contributed by atoms with Gasteiger partial charge in [-0.25, -0.2) is 4.39 Å². The average Bonchev–Trinajstić information content (AvgIpc) is 3.17. The second-order valence-electron chi connectivity index (χ2n) is 5.51. The van der Waals surface area contributed by atoms with E-state index >= 15 is 0 Å². The minimum atomic E-state index is -0.384. The third kappa shape index (κ3) is 3.56. The van der Waals surface area contributed by atoms with Crippen LogP contribution in [0.5, 0.6) is 0 Å². The highest BCUT2D eigenvalue weighted by Gasteiger charge is 2.33. The van der Waals surface area contributed by atoms with Crippen LogP contribution in [0, 0.1) is 11.7 Å². The van der Waals surface area contributed by atoms with E-state index < -0.39 is 0 Å². The lowest BCUT2D eigenvalue weighted by Gasteiger charge is -2.24. The van der Waals surface area contributed by atoms with E-state index in [1.165, 1.54) is 6.07 Å². The van der Waals surface area contributed by atoms with E-state index in [1.54, 1.807) is 12.1 Å². The van der Waals surface area contributed by atoms with Gasteiger partial charge in [0.25, 0.3) is 5.91 Å². The molecule has 0 radical (unpaired) electrons. The summed E-state index contributed by atoms with van der Waals surface area (Å²) in [6, 6.07) is 4.97. The van der Waals surface area contributed by atoms with E-state index in [0.29, 0.717) is 17.5 Å². The van der Waals surface area contributed by atoms with Crippen LogP contribution in [0.4, 0.5) is 4.39 Å². The van der Waals surface area contributed by atoms with E-state index in [2.05, 4.69) is 29.8 Å². The average molecular weight is 328 g/mol. The van der Waals surface area contributed by atoms with Gasteiger partial charge in [-0.05, 0) is 53.2 Å². The molecule has 0 atom stereocenters. The molecule has 0 bridgehead atoms. The fraction of sp³-hybridized carbons (Fsp3) is 0.533. The highest BCUT2D eigenvalue weighted by molar-refractivity contribution is 9.10. The van der Waals surface area contributed by atoms with Gasteiger partial charge in [0.1, 0.15) is 5.82 Å². The standard InChI is InChI=1S/C15H19BrFNO/c1-10(2)8-9-18(11-6-7-11)15(19)12-4-3-5-13(17)14(12)16/h3-5,10-11H,6-9H2,1-2H3. The number of hydrogen-bond donors (Lipinski definition) is 0. The van der Waals surface area contributed by atoms with Crippen molar-refractivity contribution in [2.45, 2.75) is 39.2 Å². The predicted octanol–water partition coefficient (Wildman–Crippen LogP) is 4.24. The first-order chi connectivity index (χ1) is 9.00. The monoisotopic (exact) mass is 327 g/mol. The number of carbonyl (C=O) groups is 1. The number of benzene rings is 1. The van der Waals surface area contributed by atoms with Gasteiger partial charge in [0.05, 0.1) is 10.0 Å². The lowest BCUT2D eigenvalue weighted by Crippen LogP contribution is -2.34. The molecule has 1 aliphatic carbocycles. The summed E-state index contributed by atoms with van der Waals surface area (Å²) in [6.45, 7) is 5.05. The predicted molar refractivity (Wildman–Crippen MR) is 77.6 cm³/mol. The molecule has 1 aliphatic rings. The quantitative estimate of drug-likeness (QED) is 0.792. The molecule has 2 nitrogen and oxygen atoms in total. The molecule has 0 spiro atoms. The SMILES string of the molecule is CC(C)CCN(C(=O)c1cccc(F)c1Br)C1CC1. The Labute approximate surface area is 122 Å². The molecule has 0 saturated heterocycles. The molecular formula is C15H19BrFNO. The molecule has 0 aliphatic heterocycles. The molecule has 1 aromatic rings. The van der Waals surface area contributed by atoms with Crippen molar-refractivity contribution in [1.29, 1.82) is 0 Å². The Hall–Kier alpha value is -0.900. The number of amides is 1. The molecule has 19 heavy (non-hydrogen) atoms. The molecule has 1 fully saturated rings. The van der Waals surface area contributed by atoms with Gasteiger partial charge in [-0.2, -0.15) is 0 Å². The third-order valence-electron chi connectivity index (χ3n) is 3.38. The molecule has 0 unspecified atom stereocenters. The zero-order chi connectivity index (χ0) is 14.0. The fourth-order valence-corrected chi connectivity index (χ4v) is 2.49. The van der Waals surface area contributed by atoms with E-state index in [-0.39, 0.29) is 16.2 Å². The molecule has 1 amide bonds. The van der Waals surface area contributed by atoms with Crippen LogP contribution < -0.4 is 0 Å². The molecular weight excluding hydrogens is 309 g/mol. The van der Waals surface area contributed by atoms with Crippen molar-refractivity contribution in [3.8, 4) is 0 Å². The maximum atomic E-state index is 13.5. The minimum absolute atomic E-state index is 0.0606. The number of nitrogens with zero attached hydrogens (tertiary/aromatic N) is 1. The van der Waals surface area contributed by atoms with Crippen molar-refractivity contribution in [3.63, 3.8) is 0 Å². The number of hydrogen-bond acceptors (Lipinski definition) is 1. The molecule has 4 heteroatoms. The fourth-order valence-electron chi connectivity index (χ4n) is 2.06. The van der Waals surface area contributed by atoms with Gasteiger partial charge in [-0.1, -0.05) is 19.9 Å². The Morgan fingerprint density at radius 2 is 2.16 bits per heavy atom. The Balaban J connectivity index is 2.17. The lowest BCUT2D eigenvalue weighted by atomic mass is 10.1. The molecule has 2 rings (SSSR count). The lowest BCUT2D eigenvalue weighted by molar-refractivity contribution is 0.0734. The van der Waals surface area contributed by atoms with Crippen LogP contribution in [0.2, 0.25) is 0 Å². The molecule has 1 saturated carbocycles. The second kappa shape index (κ2) is 6.04. The van der Waals surface area contributed by atoms with Crippen molar-refractivity contribution in [3.05, 3.63) is 34.1 Å². The first-order valence-electron chi connectivity index (χ1n) is 6.75. The molecule has 1 aromatic carbocycles. The maximum Gasteiger partial charge on any atom is 0.255 e. The van der Waals surface area contributed by atoms with Gasteiger partial charge in [-0.3, -0.25) is 4.79 Å². The van der Waals surface area contributed by atoms with E-state index in [4.69, 9.17) is 0 Å². The van der Waals surface area contributed by atoms with Crippen LogP contribution in [0.15, 0.2) is 22.7 Å². The van der Waals surface area contributed by atoms with Gasteiger partial charge >= 0.3 is 0 Å². The Morgan fingerprint density at radius 1 is 1.47 bits per heavy atom. The summed E-state index contributed by atoms with van der Waals surface area (Å²) < 4.78 is 13.8. The van der Waals surface area contributed by atoms with Crippen LogP contribution in [-0.2, 0) is 0 Å². The minimum Gasteiger partial charge on any atom is -0.336 e. The van der Waals surface area contributed by atoms with Crippen LogP contribution in [0.1, 0.15) is 43.5 Å². The molecule has 0 N–H and O–H groups in total. The summed E-state index contributed by atoms with van der Waals surface area (Å²) in [5, 5.41) is 0. The largest absolute Gasteiger partial charge is 0.336 e. The van der Waals surface area contributed by atoms with Crippen LogP contribution in [0.25, 0.3) is 0 Å². The van der Waals surface area contributed by atoms with Crippen LogP contribution >= 0.6 is 15.9 Å². The molecule has 104 valence electrons. The van der Waals surface area contributed by atoms with Crippen molar-refractivity contribution < 1.29 is 9.18 Å². The van der Waals surface area contributed by atoms with Gasteiger partial charge in [-0.15, -0.1) is 0 Å². The summed E-state index contributed by atoms with van der Waals surface area (Å²) in [6.07, 6.45) is 3.11. The Bertz CT molecular complexity index is 471. The first-order valence-corrected chi connectivity index (χ1v) is 7.55. The number of carbonyl (C=O) groups excluding carboxylic acids is 1.